The Balaban J connectivity index is 1.95. The van der Waals surface area contributed by atoms with Gasteiger partial charge in [-0.1, -0.05) is 42.5 Å². The quantitative estimate of drug-likeness (QED) is 0.643. The molecule has 0 fully saturated rings. The van der Waals surface area contributed by atoms with E-state index in [9.17, 15) is 19.5 Å². The van der Waals surface area contributed by atoms with Gasteiger partial charge in [-0.25, -0.2) is 4.79 Å². The van der Waals surface area contributed by atoms with Crippen LogP contribution in [0.25, 0.3) is 0 Å². The molecular weight excluding hydrogens is 356 g/mol. The highest BCUT2D eigenvalue weighted by molar-refractivity contribution is 6.13. The number of carboxylic acid groups (broad SMARTS) is 1. The summed E-state index contributed by atoms with van der Waals surface area (Å²) < 4.78 is 0. The lowest BCUT2D eigenvalue weighted by molar-refractivity contribution is 0.0696. The molecule has 3 aromatic rings. The summed E-state index contributed by atoms with van der Waals surface area (Å²) in [5, 5.41) is 18.7. The van der Waals surface area contributed by atoms with Gasteiger partial charge >= 0.3 is 5.97 Å². The van der Waals surface area contributed by atoms with Crippen molar-refractivity contribution in [3.8, 4) is 0 Å². The van der Waals surface area contributed by atoms with E-state index < -0.39 is 12.6 Å². The monoisotopic (exact) mass is 374 g/mol. The van der Waals surface area contributed by atoms with Crippen LogP contribution < -0.4 is 0 Å². The van der Waals surface area contributed by atoms with Crippen molar-refractivity contribution in [1.82, 2.24) is 0 Å². The van der Waals surface area contributed by atoms with Crippen LogP contribution in [0.1, 0.15) is 53.3 Å². The molecule has 3 rings (SSSR count). The molecule has 0 amide bonds. The minimum atomic E-state index is -1.07. The zero-order valence-corrected chi connectivity index (χ0v) is 15.2. The van der Waals surface area contributed by atoms with E-state index in [1.807, 2.05) is 19.1 Å². The number of aliphatic hydroxyl groups is 1. The van der Waals surface area contributed by atoms with Crippen molar-refractivity contribution in [1.29, 1.82) is 0 Å². The molecule has 5 heteroatoms. The van der Waals surface area contributed by atoms with Crippen molar-refractivity contribution in [2.24, 2.45) is 0 Å². The molecule has 0 saturated heterocycles. The molecule has 0 spiro atoms. The third-order valence-electron chi connectivity index (χ3n) is 4.57. The fraction of sp³-hybridized carbons (Fsp3) is 0.0870. The van der Waals surface area contributed by atoms with Crippen LogP contribution in [-0.2, 0) is 6.61 Å². The average molecular weight is 374 g/mol. The summed E-state index contributed by atoms with van der Waals surface area (Å²) in [6.45, 7) is 1.45. The molecule has 140 valence electrons. The second-order valence-corrected chi connectivity index (χ2v) is 6.39. The van der Waals surface area contributed by atoms with E-state index in [1.54, 1.807) is 18.2 Å². The van der Waals surface area contributed by atoms with E-state index in [-0.39, 0.29) is 22.7 Å². The van der Waals surface area contributed by atoms with Gasteiger partial charge in [-0.2, -0.15) is 0 Å². The van der Waals surface area contributed by atoms with Gasteiger partial charge in [0.1, 0.15) is 0 Å². The van der Waals surface area contributed by atoms with Crippen molar-refractivity contribution in [3.63, 3.8) is 0 Å². The van der Waals surface area contributed by atoms with Crippen LogP contribution in [0.15, 0.2) is 66.7 Å². The van der Waals surface area contributed by atoms with Gasteiger partial charge in [-0.05, 0) is 42.3 Å². The average Bonchev–Trinajstić information content (AvgIpc) is 2.72. The highest BCUT2D eigenvalue weighted by Crippen LogP contribution is 2.20. The fourth-order valence-electron chi connectivity index (χ4n) is 2.99. The Morgan fingerprint density at radius 1 is 0.750 bits per heavy atom. The maximum Gasteiger partial charge on any atom is 0.335 e. The third-order valence-corrected chi connectivity index (χ3v) is 4.57. The molecule has 0 unspecified atom stereocenters. The maximum atomic E-state index is 12.8. The maximum absolute atomic E-state index is 12.8. The second-order valence-electron chi connectivity index (χ2n) is 6.39. The van der Waals surface area contributed by atoms with E-state index in [0.29, 0.717) is 22.3 Å². The van der Waals surface area contributed by atoms with Crippen LogP contribution in [0.4, 0.5) is 0 Å². The summed E-state index contributed by atoms with van der Waals surface area (Å²) in [6, 6.07) is 17.4. The molecule has 0 saturated carbocycles. The first-order chi connectivity index (χ1) is 13.4. The topological polar surface area (TPSA) is 91.7 Å². The summed E-state index contributed by atoms with van der Waals surface area (Å²) in [7, 11) is 0. The fourth-order valence-corrected chi connectivity index (χ4v) is 2.99. The SMILES string of the molecule is Cc1ccccc1C(=O)c1ccc(C(=O)c2ccc(C(=O)O)cc2)c(CO)c1. The predicted molar refractivity (Wildman–Crippen MR) is 104 cm³/mol. The minimum absolute atomic E-state index is 0.0816. The summed E-state index contributed by atoms with van der Waals surface area (Å²) in [5.74, 6) is -1.61. The highest BCUT2D eigenvalue weighted by Gasteiger charge is 2.18. The molecule has 2 N–H and O–H groups in total. The molecule has 0 aromatic heterocycles. The normalized spacial score (nSPS) is 10.5. The molecule has 0 aliphatic carbocycles. The van der Waals surface area contributed by atoms with E-state index >= 15 is 0 Å². The summed E-state index contributed by atoms with van der Waals surface area (Å²) >= 11 is 0. The Morgan fingerprint density at radius 2 is 1.32 bits per heavy atom. The van der Waals surface area contributed by atoms with Crippen LogP contribution in [0.3, 0.4) is 0 Å². The number of benzene rings is 3. The molecule has 28 heavy (non-hydrogen) atoms. The van der Waals surface area contributed by atoms with Gasteiger partial charge in [0, 0.05) is 22.3 Å². The molecule has 5 nitrogen and oxygen atoms in total. The van der Waals surface area contributed by atoms with Gasteiger partial charge in [0.2, 0.25) is 0 Å². The van der Waals surface area contributed by atoms with Gasteiger partial charge in [-0.15, -0.1) is 0 Å². The molecular formula is C23H18O5. The molecule has 3 aromatic carbocycles. The number of aromatic carboxylic acids is 1. The van der Waals surface area contributed by atoms with Crippen molar-refractivity contribution in [3.05, 3.63) is 106 Å². The Kier molecular flexibility index (Phi) is 5.47. The summed E-state index contributed by atoms with van der Waals surface area (Å²) in [6.07, 6.45) is 0. The zero-order valence-electron chi connectivity index (χ0n) is 15.2. The number of carbonyl (C=O) groups is 3. The number of carbonyl (C=O) groups excluding carboxylic acids is 2. The lowest BCUT2D eigenvalue weighted by atomic mass is 9.93. The van der Waals surface area contributed by atoms with Gasteiger partial charge in [-0.3, -0.25) is 9.59 Å². The van der Waals surface area contributed by atoms with Crippen molar-refractivity contribution < 1.29 is 24.6 Å². The minimum Gasteiger partial charge on any atom is -0.478 e. The van der Waals surface area contributed by atoms with E-state index in [1.165, 1.54) is 36.4 Å². The van der Waals surface area contributed by atoms with Crippen molar-refractivity contribution >= 4 is 17.5 Å². The molecule has 0 aliphatic rings. The first kappa shape index (κ1) is 19.2. The van der Waals surface area contributed by atoms with Gasteiger partial charge in [0.05, 0.1) is 12.2 Å². The zero-order chi connectivity index (χ0) is 20.3. The second kappa shape index (κ2) is 7.98. The van der Waals surface area contributed by atoms with Crippen LogP contribution in [-0.4, -0.2) is 27.7 Å². The number of ketones is 2. The number of rotatable bonds is 6. The van der Waals surface area contributed by atoms with Crippen LogP contribution in [0, 0.1) is 6.92 Å². The first-order valence-electron chi connectivity index (χ1n) is 8.64. The highest BCUT2D eigenvalue weighted by atomic mass is 16.4. The van der Waals surface area contributed by atoms with E-state index in [2.05, 4.69) is 0 Å². The third kappa shape index (κ3) is 3.75. The lowest BCUT2D eigenvalue weighted by Crippen LogP contribution is -2.10. The smallest absolute Gasteiger partial charge is 0.335 e. The lowest BCUT2D eigenvalue weighted by Gasteiger charge is -2.10. The molecule has 0 bridgehead atoms. The molecule has 0 heterocycles. The Bertz CT molecular complexity index is 1060. The van der Waals surface area contributed by atoms with E-state index in [4.69, 9.17) is 5.11 Å². The van der Waals surface area contributed by atoms with Gasteiger partial charge in [0.25, 0.3) is 0 Å². The Morgan fingerprint density at radius 3 is 1.93 bits per heavy atom. The number of aliphatic hydroxyl groups excluding tert-OH is 1. The van der Waals surface area contributed by atoms with Crippen LogP contribution >= 0.6 is 0 Å². The Hall–Kier alpha value is -3.57. The molecule has 0 atom stereocenters. The summed E-state index contributed by atoms with van der Waals surface area (Å²) in [5.41, 5.74) is 2.79. The van der Waals surface area contributed by atoms with E-state index in [0.717, 1.165) is 5.56 Å². The predicted octanol–water partition coefficient (Wildman–Crippen LogP) is 3.65. The largest absolute Gasteiger partial charge is 0.478 e. The first-order valence-corrected chi connectivity index (χ1v) is 8.64. The molecule has 0 aliphatic heterocycles. The van der Waals surface area contributed by atoms with Crippen LogP contribution in [0.2, 0.25) is 0 Å². The number of hydrogen-bond acceptors (Lipinski definition) is 4. The number of aryl methyl sites for hydroxylation is 1. The van der Waals surface area contributed by atoms with Crippen LogP contribution in [0.5, 0.6) is 0 Å². The van der Waals surface area contributed by atoms with Crippen molar-refractivity contribution in [2.45, 2.75) is 13.5 Å². The number of hydrogen-bond donors (Lipinski definition) is 2. The standard InChI is InChI=1S/C23H18O5/c1-14-4-2-3-5-19(14)22(26)17-10-11-20(18(12-17)13-24)21(25)15-6-8-16(9-7-15)23(27)28/h2-12,24H,13H2,1H3,(H,27,28). The van der Waals surface area contributed by atoms with Crippen molar-refractivity contribution in [2.75, 3.05) is 0 Å². The van der Waals surface area contributed by atoms with Gasteiger partial charge in [0.15, 0.2) is 11.6 Å². The number of carboxylic acids is 1. The Labute approximate surface area is 161 Å². The summed E-state index contributed by atoms with van der Waals surface area (Å²) in [4.78, 5) is 36.5. The molecule has 0 radical (unpaired) electrons. The van der Waals surface area contributed by atoms with Gasteiger partial charge < -0.3 is 10.2 Å².